The van der Waals surface area contributed by atoms with E-state index in [4.69, 9.17) is 11.5 Å². The van der Waals surface area contributed by atoms with Crippen molar-refractivity contribution in [3.63, 3.8) is 0 Å². The third-order valence-electron chi connectivity index (χ3n) is 2.29. The minimum absolute atomic E-state index is 0. The molecule has 6 nitrogen and oxygen atoms in total. The molecule has 2 rings (SSSR count). The fourth-order valence-corrected chi connectivity index (χ4v) is 1.32. The molecule has 0 bridgehead atoms. The van der Waals surface area contributed by atoms with Crippen molar-refractivity contribution >= 4 is 23.3 Å². The first kappa shape index (κ1) is 18.5. The molecule has 1 radical (unpaired) electrons. The number of benzene rings is 2. The van der Waals surface area contributed by atoms with E-state index in [0.717, 1.165) is 0 Å². The van der Waals surface area contributed by atoms with E-state index in [9.17, 15) is 19.8 Å². The van der Waals surface area contributed by atoms with E-state index >= 15 is 0 Å². The van der Waals surface area contributed by atoms with E-state index in [1.807, 2.05) is 0 Å². The number of hydrogen-bond donors (Lipinski definition) is 0. The van der Waals surface area contributed by atoms with Crippen LogP contribution in [0.3, 0.4) is 0 Å². The number of hydrogen-bond acceptors (Lipinski definition) is 4. The van der Waals surface area contributed by atoms with Crippen LogP contribution in [0.5, 0.6) is 0 Å². The summed E-state index contributed by atoms with van der Waals surface area (Å²) >= 11 is 0. The summed E-state index contributed by atoms with van der Waals surface area (Å²) in [6.45, 7) is 0. The Balaban J connectivity index is 0.000000364. The maximum absolute atomic E-state index is 10.2. The van der Waals surface area contributed by atoms with E-state index in [-0.39, 0.29) is 39.6 Å². The van der Waals surface area contributed by atoms with Gasteiger partial charge in [-0.25, -0.2) is 0 Å². The molecule has 2 aromatic rings. The summed E-state index contributed by atoms with van der Waals surface area (Å²) in [6.07, 6.45) is 0. The van der Waals surface area contributed by atoms with Crippen LogP contribution in [-0.4, -0.2) is 11.9 Å². The molecule has 0 unspecified atom stereocenters. The maximum atomic E-state index is 10.2. The van der Waals surface area contributed by atoms with Gasteiger partial charge in [0, 0.05) is 0 Å². The molecule has 0 aliphatic carbocycles. The van der Waals surface area contributed by atoms with Gasteiger partial charge < -0.3 is 31.3 Å². The van der Waals surface area contributed by atoms with Crippen LogP contribution in [0, 0.1) is 0 Å². The van der Waals surface area contributed by atoms with Gasteiger partial charge in [0.2, 0.25) is 0 Å². The smallest absolute Gasteiger partial charge is 0.698 e. The van der Waals surface area contributed by atoms with Crippen molar-refractivity contribution in [2.24, 2.45) is 0 Å². The molecule has 0 heterocycles. The van der Waals surface area contributed by atoms with Gasteiger partial charge >= 0.3 is 17.1 Å². The van der Waals surface area contributed by atoms with Crippen LogP contribution in [0.4, 0.5) is 11.4 Å². The molecular weight excluding hydrogens is 324 g/mol. The minimum atomic E-state index is -1.30. The third-order valence-corrected chi connectivity index (χ3v) is 2.29. The monoisotopic (exact) mass is 333 g/mol. The predicted molar refractivity (Wildman–Crippen MR) is 69.5 cm³/mol. The minimum Gasteiger partial charge on any atom is -0.698 e. The van der Waals surface area contributed by atoms with E-state index < -0.39 is 11.9 Å². The summed E-state index contributed by atoms with van der Waals surface area (Å²) in [5.74, 6) is -2.60. The van der Waals surface area contributed by atoms with E-state index in [2.05, 4.69) is 0 Å². The van der Waals surface area contributed by atoms with Crippen LogP contribution >= 0.6 is 0 Å². The van der Waals surface area contributed by atoms with Crippen molar-refractivity contribution in [2.45, 2.75) is 0 Å². The number of aromatic carboxylic acids is 2. The predicted octanol–water partition coefficient (Wildman–Crippen LogP) is 1.47. The van der Waals surface area contributed by atoms with Crippen molar-refractivity contribution in [2.75, 3.05) is 0 Å². The van der Waals surface area contributed by atoms with Gasteiger partial charge in [0.05, 0.1) is 11.9 Å². The maximum Gasteiger partial charge on any atom is 2.00 e. The van der Waals surface area contributed by atoms with E-state index in [1.165, 1.54) is 24.3 Å². The van der Waals surface area contributed by atoms with Crippen LogP contribution in [0.25, 0.3) is 11.5 Å². The van der Waals surface area contributed by atoms with Crippen LogP contribution in [0.15, 0.2) is 48.5 Å². The fraction of sp³-hybridized carbons (Fsp3) is 0. The van der Waals surface area contributed by atoms with Gasteiger partial charge in [-0.15, -0.1) is 11.4 Å². The van der Waals surface area contributed by atoms with Crippen LogP contribution in [0.2, 0.25) is 0 Å². The Morgan fingerprint density at radius 2 is 1.00 bits per heavy atom. The molecule has 0 spiro atoms. The molecular formula is C14H10CuN2O4-2. The van der Waals surface area contributed by atoms with Gasteiger partial charge in [-0.2, -0.15) is 0 Å². The van der Waals surface area contributed by atoms with Gasteiger partial charge in [0.15, 0.2) is 0 Å². The summed E-state index contributed by atoms with van der Waals surface area (Å²) < 4.78 is 0. The zero-order valence-electron chi connectivity index (χ0n) is 10.6. The van der Waals surface area contributed by atoms with Gasteiger partial charge in [-0.05, 0) is 11.1 Å². The molecule has 0 atom stereocenters. The normalized spacial score (nSPS) is 8.76. The van der Waals surface area contributed by atoms with Gasteiger partial charge in [-0.1, -0.05) is 48.5 Å². The van der Waals surface area contributed by atoms with Crippen molar-refractivity contribution in [3.8, 4) is 0 Å². The van der Waals surface area contributed by atoms with Gasteiger partial charge in [-0.3, -0.25) is 0 Å². The first-order valence-electron chi connectivity index (χ1n) is 5.47. The number of carboxylic acid groups (broad SMARTS) is 2. The van der Waals surface area contributed by atoms with Crippen molar-refractivity contribution in [1.82, 2.24) is 0 Å². The SMILES string of the molecule is [Cu+2].[NH-]c1ccccc1C(=O)[O-].[NH-]c1ccccc1C(=O)[O-]. The molecule has 0 saturated heterocycles. The summed E-state index contributed by atoms with van der Waals surface area (Å²) in [5, 5.41) is 20.4. The molecule has 0 fully saturated rings. The Bertz CT molecular complexity index is 576. The van der Waals surface area contributed by atoms with Crippen LogP contribution in [0.1, 0.15) is 20.7 Å². The van der Waals surface area contributed by atoms with Crippen molar-refractivity contribution in [1.29, 1.82) is 0 Å². The largest absolute Gasteiger partial charge is 2.00 e. The van der Waals surface area contributed by atoms with Gasteiger partial charge in [0.1, 0.15) is 0 Å². The molecule has 7 heteroatoms. The number of nitrogens with one attached hydrogen (secondary N) is 2. The molecule has 21 heavy (non-hydrogen) atoms. The molecule has 0 aliphatic rings. The topological polar surface area (TPSA) is 128 Å². The summed E-state index contributed by atoms with van der Waals surface area (Å²) in [5.41, 5.74) is 14.0. The standard InChI is InChI=1S/2C7H6NO2.Cu/c2*8-6-4-2-1-3-5(6)7(9)10;/h2*1-4,8H,(H,9,10);/q2*-1;+2/p-2. The van der Waals surface area contributed by atoms with Crippen molar-refractivity contribution in [3.05, 3.63) is 71.1 Å². The molecule has 0 aliphatic heterocycles. The molecule has 0 saturated carbocycles. The Morgan fingerprint density at radius 3 is 1.19 bits per heavy atom. The molecule has 0 amide bonds. The van der Waals surface area contributed by atoms with Crippen LogP contribution in [-0.2, 0) is 17.1 Å². The average molecular weight is 334 g/mol. The molecule has 113 valence electrons. The Labute approximate surface area is 131 Å². The molecule has 0 aromatic heterocycles. The second kappa shape index (κ2) is 8.63. The zero-order valence-corrected chi connectivity index (χ0v) is 11.5. The molecule has 2 N–H and O–H groups in total. The first-order valence-corrected chi connectivity index (χ1v) is 5.47. The summed E-state index contributed by atoms with van der Waals surface area (Å²) in [7, 11) is 0. The van der Waals surface area contributed by atoms with Crippen molar-refractivity contribution < 1.29 is 36.9 Å². The van der Waals surface area contributed by atoms with Crippen LogP contribution < -0.4 is 10.2 Å². The second-order valence-electron chi connectivity index (χ2n) is 3.67. The number of carbonyl (C=O) groups excluding carboxylic acids is 2. The van der Waals surface area contributed by atoms with E-state index in [0.29, 0.717) is 0 Å². The first-order chi connectivity index (χ1) is 9.43. The Kier molecular flexibility index (Phi) is 7.60. The summed E-state index contributed by atoms with van der Waals surface area (Å²) in [4.78, 5) is 20.4. The number of rotatable bonds is 2. The molecule has 2 aromatic carbocycles. The van der Waals surface area contributed by atoms with Gasteiger partial charge in [0.25, 0.3) is 0 Å². The Morgan fingerprint density at radius 1 is 0.714 bits per heavy atom. The zero-order chi connectivity index (χ0) is 15.1. The third kappa shape index (κ3) is 5.56. The Hall–Kier alpha value is -2.50. The van der Waals surface area contributed by atoms with E-state index in [1.54, 1.807) is 24.3 Å². The number of carboxylic acids is 2. The number of carbonyl (C=O) groups is 2. The quantitative estimate of drug-likeness (QED) is 0.770. The fourth-order valence-electron chi connectivity index (χ4n) is 1.32. The summed E-state index contributed by atoms with van der Waals surface area (Å²) in [6, 6.07) is 11.8. The average Bonchev–Trinajstić information content (AvgIpc) is 2.40. The second-order valence-corrected chi connectivity index (χ2v) is 3.67.